The number of sulfonamides is 1. The summed E-state index contributed by atoms with van der Waals surface area (Å²) in [6.45, 7) is 0.707. The van der Waals surface area contributed by atoms with Gasteiger partial charge in [0.1, 0.15) is 5.82 Å². The molecule has 4 nitrogen and oxygen atoms in total. The van der Waals surface area contributed by atoms with E-state index in [1.165, 1.54) is 22.5 Å². The van der Waals surface area contributed by atoms with E-state index in [1.54, 1.807) is 0 Å². The first-order valence-corrected chi connectivity index (χ1v) is 6.45. The summed E-state index contributed by atoms with van der Waals surface area (Å²) in [6, 6.07) is 4.90. The van der Waals surface area contributed by atoms with E-state index in [9.17, 15) is 12.8 Å². The SMILES string of the molecule is Cl.NC1CCN(S(=O)(=O)c2cccc(F)c2)C1. The maximum atomic E-state index is 13.0. The van der Waals surface area contributed by atoms with Crippen LogP contribution in [0.4, 0.5) is 4.39 Å². The van der Waals surface area contributed by atoms with Crippen molar-refractivity contribution in [2.24, 2.45) is 5.73 Å². The monoisotopic (exact) mass is 280 g/mol. The molecule has 1 aromatic carbocycles. The standard InChI is InChI=1S/C10H13FN2O2S.ClH/c11-8-2-1-3-10(6-8)16(14,15)13-5-4-9(12)7-13;/h1-3,6,9H,4-5,7,12H2;1H. The van der Waals surface area contributed by atoms with Gasteiger partial charge in [-0.15, -0.1) is 12.4 Å². The largest absolute Gasteiger partial charge is 0.326 e. The number of halogens is 2. The van der Waals surface area contributed by atoms with Gasteiger partial charge in [-0.05, 0) is 24.6 Å². The third kappa shape index (κ3) is 2.95. The molecule has 0 spiro atoms. The zero-order valence-corrected chi connectivity index (χ0v) is 10.7. The number of nitrogens with zero attached hydrogens (tertiary/aromatic N) is 1. The highest BCUT2D eigenvalue weighted by molar-refractivity contribution is 7.89. The molecule has 1 aliphatic rings. The molecular weight excluding hydrogens is 267 g/mol. The lowest BCUT2D eigenvalue weighted by Gasteiger charge is -2.15. The Bertz CT molecular complexity index is 495. The predicted octanol–water partition coefficient (Wildman–Crippen LogP) is 0.969. The Kier molecular flexibility index (Phi) is 4.48. The molecule has 2 rings (SSSR count). The van der Waals surface area contributed by atoms with E-state index in [0.29, 0.717) is 19.5 Å². The Morgan fingerprint density at radius 1 is 1.41 bits per heavy atom. The van der Waals surface area contributed by atoms with Crippen molar-refractivity contribution < 1.29 is 12.8 Å². The van der Waals surface area contributed by atoms with Gasteiger partial charge in [0.2, 0.25) is 10.0 Å². The molecule has 7 heteroatoms. The molecule has 96 valence electrons. The van der Waals surface area contributed by atoms with Crippen molar-refractivity contribution in [1.82, 2.24) is 4.31 Å². The first kappa shape index (κ1) is 14.4. The van der Waals surface area contributed by atoms with Gasteiger partial charge in [0.25, 0.3) is 0 Å². The summed E-state index contributed by atoms with van der Waals surface area (Å²) in [5, 5.41) is 0. The molecule has 0 bridgehead atoms. The molecular formula is C10H14ClFN2O2S. The number of nitrogens with two attached hydrogens (primary N) is 1. The van der Waals surface area contributed by atoms with Crippen molar-refractivity contribution in [2.75, 3.05) is 13.1 Å². The van der Waals surface area contributed by atoms with Gasteiger partial charge in [-0.2, -0.15) is 4.31 Å². The molecule has 1 aliphatic heterocycles. The smallest absolute Gasteiger partial charge is 0.243 e. The van der Waals surface area contributed by atoms with Gasteiger partial charge in [-0.1, -0.05) is 6.07 Å². The third-order valence-electron chi connectivity index (χ3n) is 2.62. The molecule has 1 saturated heterocycles. The van der Waals surface area contributed by atoms with Crippen LogP contribution in [0.15, 0.2) is 29.2 Å². The van der Waals surface area contributed by atoms with E-state index in [0.717, 1.165) is 6.07 Å². The van der Waals surface area contributed by atoms with Crippen LogP contribution in [0.25, 0.3) is 0 Å². The van der Waals surface area contributed by atoms with Gasteiger partial charge >= 0.3 is 0 Å². The van der Waals surface area contributed by atoms with E-state index in [2.05, 4.69) is 0 Å². The average Bonchev–Trinajstić information content (AvgIpc) is 2.65. The van der Waals surface area contributed by atoms with Crippen LogP contribution in [0.1, 0.15) is 6.42 Å². The zero-order valence-electron chi connectivity index (χ0n) is 9.04. The minimum Gasteiger partial charge on any atom is -0.326 e. The molecule has 1 heterocycles. The normalized spacial score (nSPS) is 21.2. The van der Waals surface area contributed by atoms with Crippen molar-refractivity contribution in [3.8, 4) is 0 Å². The van der Waals surface area contributed by atoms with Crippen molar-refractivity contribution in [2.45, 2.75) is 17.4 Å². The van der Waals surface area contributed by atoms with Gasteiger partial charge < -0.3 is 5.73 Å². The lowest BCUT2D eigenvalue weighted by atomic mass is 10.3. The fourth-order valence-corrected chi connectivity index (χ4v) is 3.29. The van der Waals surface area contributed by atoms with Crippen LogP contribution in [-0.2, 0) is 10.0 Å². The first-order valence-electron chi connectivity index (χ1n) is 5.01. The molecule has 2 N–H and O–H groups in total. The lowest BCUT2D eigenvalue weighted by Crippen LogP contribution is -2.32. The van der Waals surface area contributed by atoms with Crippen LogP contribution >= 0.6 is 12.4 Å². The molecule has 0 aromatic heterocycles. The average molecular weight is 281 g/mol. The van der Waals surface area contributed by atoms with Crippen LogP contribution in [-0.4, -0.2) is 31.9 Å². The maximum Gasteiger partial charge on any atom is 0.243 e. The van der Waals surface area contributed by atoms with E-state index in [4.69, 9.17) is 5.73 Å². The minimum absolute atomic E-state index is 0. The number of hydrogen-bond acceptors (Lipinski definition) is 3. The topological polar surface area (TPSA) is 63.4 Å². The molecule has 0 radical (unpaired) electrons. The van der Waals surface area contributed by atoms with Crippen LogP contribution < -0.4 is 5.73 Å². The van der Waals surface area contributed by atoms with Gasteiger partial charge in [-0.25, -0.2) is 12.8 Å². The highest BCUT2D eigenvalue weighted by Gasteiger charge is 2.30. The summed E-state index contributed by atoms with van der Waals surface area (Å²) in [4.78, 5) is -0.0124. The summed E-state index contributed by atoms with van der Waals surface area (Å²) in [6.07, 6.45) is 0.647. The van der Waals surface area contributed by atoms with Crippen LogP contribution in [0.5, 0.6) is 0 Å². The zero-order chi connectivity index (χ0) is 11.8. The second kappa shape index (κ2) is 5.30. The van der Waals surface area contributed by atoms with Crippen LogP contribution in [0.3, 0.4) is 0 Å². The lowest BCUT2D eigenvalue weighted by molar-refractivity contribution is 0.471. The van der Waals surface area contributed by atoms with Crippen molar-refractivity contribution in [3.63, 3.8) is 0 Å². The fourth-order valence-electron chi connectivity index (χ4n) is 1.75. The molecule has 1 aromatic rings. The van der Waals surface area contributed by atoms with Gasteiger partial charge in [0.05, 0.1) is 4.90 Å². The molecule has 1 unspecified atom stereocenters. The number of hydrogen-bond donors (Lipinski definition) is 1. The third-order valence-corrected chi connectivity index (χ3v) is 4.48. The van der Waals surface area contributed by atoms with E-state index in [1.807, 2.05) is 0 Å². The predicted molar refractivity (Wildman–Crippen MR) is 65.0 cm³/mol. The van der Waals surface area contributed by atoms with Gasteiger partial charge in [0.15, 0.2) is 0 Å². The summed E-state index contributed by atoms with van der Waals surface area (Å²) in [7, 11) is -3.58. The summed E-state index contributed by atoms with van der Waals surface area (Å²) >= 11 is 0. The number of rotatable bonds is 2. The quantitative estimate of drug-likeness (QED) is 0.878. The van der Waals surface area contributed by atoms with Crippen LogP contribution in [0.2, 0.25) is 0 Å². The molecule has 17 heavy (non-hydrogen) atoms. The molecule has 0 aliphatic carbocycles. The van der Waals surface area contributed by atoms with Crippen molar-refractivity contribution in [3.05, 3.63) is 30.1 Å². The molecule has 1 fully saturated rings. The molecule has 0 saturated carbocycles. The van der Waals surface area contributed by atoms with Crippen molar-refractivity contribution >= 4 is 22.4 Å². The summed E-state index contributed by atoms with van der Waals surface area (Å²) in [5.41, 5.74) is 5.65. The van der Waals surface area contributed by atoms with Crippen LogP contribution in [0, 0.1) is 5.82 Å². The Hall–Kier alpha value is -0.690. The number of benzene rings is 1. The first-order chi connectivity index (χ1) is 7.50. The molecule has 0 amide bonds. The van der Waals surface area contributed by atoms with Crippen molar-refractivity contribution in [1.29, 1.82) is 0 Å². The second-order valence-corrected chi connectivity index (χ2v) is 5.81. The highest BCUT2D eigenvalue weighted by atomic mass is 35.5. The second-order valence-electron chi connectivity index (χ2n) is 3.87. The Balaban J connectivity index is 0.00000144. The fraction of sp³-hybridized carbons (Fsp3) is 0.400. The summed E-state index contributed by atoms with van der Waals surface area (Å²) in [5.74, 6) is -0.551. The van der Waals surface area contributed by atoms with E-state index < -0.39 is 15.8 Å². The Labute approximate surface area is 106 Å². The van der Waals surface area contributed by atoms with E-state index in [-0.39, 0.29) is 23.3 Å². The Morgan fingerprint density at radius 2 is 2.12 bits per heavy atom. The molecule has 1 atom stereocenters. The van der Waals surface area contributed by atoms with E-state index >= 15 is 0 Å². The summed E-state index contributed by atoms with van der Waals surface area (Å²) < 4.78 is 38.3. The highest BCUT2D eigenvalue weighted by Crippen LogP contribution is 2.20. The Morgan fingerprint density at radius 3 is 2.65 bits per heavy atom. The minimum atomic E-state index is -3.58. The maximum absolute atomic E-state index is 13.0. The van der Waals surface area contributed by atoms with Gasteiger partial charge in [0, 0.05) is 19.1 Å². The van der Waals surface area contributed by atoms with Gasteiger partial charge in [-0.3, -0.25) is 0 Å².